The molecule has 0 amide bonds. The van der Waals surface area contributed by atoms with Gasteiger partial charge in [0, 0.05) is 13.1 Å². The summed E-state index contributed by atoms with van der Waals surface area (Å²) in [5.41, 5.74) is 1.12. The van der Waals surface area contributed by atoms with Gasteiger partial charge in [-0.3, -0.25) is 0 Å². The van der Waals surface area contributed by atoms with E-state index in [2.05, 4.69) is 25.7 Å². The Morgan fingerprint density at radius 2 is 1.74 bits per heavy atom. The van der Waals surface area contributed by atoms with Crippen molar-refractivity contribution in [3.05, 3.63) is 27.7 Å². The Kier molecular flexibility index (Phi) is 3.72. The average molecular weight is 302 g/mol. The Morgan fingerprint density at radius 3 is 2.11 bits per heavy atom. The lowest BCUT2D eigenvalue weighted by molar-refractivity contribution is 0.0697. The second-order valence-corrected chi connectivity index (χ2v) is 6.88. The number of carboxylic acid groups (broad SMARTS) is 1. The number of carboxylic acids is 1. The van der Waals surface area contributed by atoms with Gasteiger partial charge in [-0.25, -0.2) is 4.79 Å². The van der Waals surface area contributed by atoms with Crippen molar-refractivity contribution in [1.29, 1.82) is 0 Å². The zero-order valence-corrected chi connectivity index (χ0v) is 12.7. The van der Waals surface area contributed by atoms with Crippen molar-refractivity contribution >= 4 is 34.9 Å². The Balaban J connectivity index is 2.22. The van der Waals surface area contributed by atoms with E-state index in [0.29, 0.717) is 16.0 Å². The maximum Gasteiger partial charge on any atom is 0.335 e. The minimum Gasteiger partial charge on any atom is -0.478 e. The van der Waals surface area contributed by atoms with Gasteiger partial charge in [-0.15, -0.1) is 0 Å². The number of halogens is 2. The van der Waals surface area contributed by atoms with E-state index < -0.39 is 5.97 Å². The van der Waals surface area contributed by atoms with Crippen molar-refractivity contribution < 1.29 is 9.90 Å². The Labute approximate surface area is 123 Å². The van der Waals surface area contributed by atoms with Crippen LogP contribution in [-0.4, -0.2) is 24.2 Å². The molecule has 5 heteroatoms. The van der Waals surface area contributed by atoms with Crippen LogP contribution in [0.5, 0.6) is 0 Å². The maximum absolute atomic E-state index is 10.9. The number of benzene rings is 1. The second kappa shape index (κ2) is 4.88. The molecule has 0 radical (unpaired) electrons. The fourth-order valence-corrected chi connectivity index (χ4v) is 2.93. The number of rotatable bonds is 2. The van der Waals surface area contributed by atoms with E-state index in [1.165, 1.54) is 12.1 Å². The summed E-state index contributed by atoms with van der Waals surface area (Å²) >= 11 is 12.3. The Hall–Kier alpha value is -0.930. The summed E-state index contributed by atoms with van der Waals surface area (Å²) in [6.45, 7) is 8.44. The summed E-state index contributed by atoms with van der Waals surface area (Å²) in [5, 5.41) is 9.75. The highest BCUT2D eigenvalue weighted by molar-refractivity contribution is 6.39. The molecular weight excluding hydrogens is 285 g/mol. The van der Waals surface area contributed by atoms with Gasteiger partial charge in [0.2, 0.25) is 0 Å². The predicted molar refractivity (Wildman–Crippen MR) is 78.6 cm³/mol. The minimum absolute atomic E-state index is 0.117. The smallest absolute Gasteiger partial charge is 0.335 e. The zero-order valence-electron chi connectivity index (χ0n) is 11.2. The number of nitrogens with zero attached hydrogens (tertiary/aromatic N) is 1. The van der Waals surface area contributed by atoms with Crippen molar-refractivity contribution in [1.82, 2.24) is 0 Å². The standard InChI is InChI=1S/C14H17Cl2NO2/c1-14(2,3)9-6-17(7-9)12-10(15)4-8(13(18)19)5-11(12)16/h4-5,9H,6-7H2,1-3H3,(H,18,19). The number of hydrogen-bond acceptors (Lipinski definition) is 2. The Bertz CT molecular complexity index is 494. The molecule has 0 unspecified atom stereocenters. The van der Waals surface area contributed by atoms with Gasteiger partial charge >= 0.3 is 5.97 Å². The molecule has 1 aliphatic heterocycles. The monoisotopic (exact) mass is 301 g/mol. The first-order chi connectivity index (χ1) is 8.70. The molecular formula is C14H17Cl2NO2. The summed E-state index contributed by atoms with van der Waals surface area (Å²) < 4.78 is 0. The van der Waals surface area contributed by atoms with Crippen LogP contribution >= 0.6 is 23.2 Å². The van der Waals surface area contributed by atoms with Crippen LogP contribution in [0.25, 0.3) is 0 Å². The number of hydrogen-bond donors (Lipinski definition) is 1. The van der Waals surface area contributed by atoms with Crippen LogP contribution in [0.15, 0.2) is 12.1 Å². The van der Waals surface area contributed by atoms with Gasteiger partial charge in [0.1, 0.15) is 0 Å². The molecule has 0 spiro atoms. The van der Waals surface area contributed by atoms with Crippen LogP contribution in [-0.2, 0) is 0 Å². The molecule has 0 bridgehead atoms. The summed E-state index contributed by atoms with van der Waals surface area (Å²) in [6.07, 6.45) is 0. The Morgan fingerprint density at radius 1 is 1.26 bits per heavy atom. The van der Waals surface area contributed by atoms with Crippen LogP contribution in [0.2, 0.25) is 10.0 Å². The topological polar surface area (TPSA) is 40.5 Å². The molecule has 19 heavy (non-hydrogen) atoms. The molecule has 0 aromatic heterocycles. The molecule has 1 saturated heterocycles. The van der Waals surface area contributed by atoms with Crippen LogP contribution in [0.1, 0.15) is 31.1 Å². The largest absolute Gasteiger partial charge is 0.478 e. The van der Waals surface area contributed by atoms with E-state index in [0.717, 1.165) is 18.8 Å². The molecule has 0 atom stereocenters. The average Bonchev–Trinajstić information content (AvgIpc) is 2.17. The van der Waals surface area contributed by atoms with Gasteiger partial charge in [-0.05, 0) is 23.5 Å². The molecule has 3 nitrogen and oxygen atoms in total. The molecule has 0 aliphatic carbocycles. The van der Waals surface area contributed by atoms with E-state index >= 15 is 0 Å². The highest BCUT2D eigenvalue weighted by Crippen LogP contribution is 2.42. The number of aromatic carboxylic acids is 1. The number of anilines is 1. The molecule has 1 aliphatic rings. The molecule has 2 rings (SSSR count). The van der Waals surface area contributed by atoms with Crippen molar-refractivity contribution in [2.75, 3.05) is 18.0 Å². The van der Waals surface area contributed by atoms with E-state index in [9.17, 15) is 4.79 Å². The minimum atomic E-state index is -1.02. The van der Waals surface area contributed by atoms with Gasteiger partial charge in [-0.1, -0.05) is 44.0 Å². The summed E-state index contributed by atoms with van der Waals surface area (Å²) in [4.78, 5) is 13.0. The maximum atomic E-state index is 10.9. The molecule has 104 valence electrons. The molecule has 1 fully saturated rings. The van der Waals surface area contributed by atoms with Crippen LogP contribution in [0.3, 0.4) is 0 Å². The SMILES string of the molecule is CC(C)(C)C1CN(c2c(Cl)cc(C(=O)O)cc2Cl)C1. The van der Waals surface area contributed by atoms with Crippen molar-refractivity contribution in [2.24, 2.45) is 11.3 Å². The fraction of sp³-hybridized carbons (Fsp3) is 0.500. The van der Waals surface area contributed by atoms with Gasteiger partial charge < -0.3 is 10.0 Å². The highest BCUT2D eigenvalue weighted by atomic mass is 35.5. The lowest BCUT2D eigenvalue weighted by Gasteiger charge is -2.48. The molecule has 0 saturated carbocycles. The van der Waals surface area contributed by atoms with Crippen molar-refractivity contribution in [3.8, 4) is 0 Å². The quantitative estimate of drug-likeness (QED) is 0.891. The molecule has 1 N–H and O–H groups in total. The van der Waals surface area contributed by atoms with Crippen LogP contribution in [0, 0.1) is 11.3 Å². The normalized spacial score (nSPS) is 16.4. The van der Waals surface area contributed by atoms with Gasteiger partial charge in [0.15, 0.2) is 0 Å². The first-order valence-electron chi connectivity index (χ1n) is 6.17. The van der Waals surface area contributed by atoms with E-state index in [-0.39, 0.29) is 11.0 Å². The van der Waals surface area contributed by atoms with E-state index in [1.807, 2.05) is 0 Å². The third-order valence-corrected chi connectivity index (χ3v) is 4.26. The fourth-order valence-electron chi connectivity index (χ4n) is 2.20. The lowest BCUT2D eigenvalue weighted by Crippen LogP contribution is -2.52. The predicted octanol–water partition coefficient (Wildman–Crippen LogP) is 4.17. The summed E-state index contributed by atoms with van der Waals surface area (Å²) in [5.74, 6) is -0.426. The van der Waals surface area contributed by atoms with Crippen molar-refractivity contribution in [3.63, 3.8) is 0 Å². The van der Waals surface area contributed by atoms with Gasteiger partial charge in [-0.2, -0.15) is 0 Å². The third-order valence-electron chi connectivity index (χ3n) is 3.69. The van der Waals surface area contributed by atoms with Crippen LogP contribution < -0.4 is 4.90 Å². The van der Waals surface area contributed by atoms with Crippen molar-refractivity contribution in [2.45, 2.75) is 20.8 Å². The molecule has 1 heterocycles. The summed E-state index contributed by atoms with van der Waals surface area (Å²) in [7, 11) is 0. The van der Waals surface area contributed by atoms with E-state index in [1.54, 1.807) is 0 Å². The zero-order chi connectivity index (χ0) is 14.4. The molecule has 1 aromatic carbocycles. The third kappa shape index (κ3) is 2.82. The molecule has 1 aromatic rings. The first-order valence-corrected chi connectivity index (χ1v) is 6.93. The van der Waals surface area contributed by atoms with Gasteiger partial charge in [0.05, 0.1) is 21.3 Å². The lowest BCUT2D eigenvalue weighted by atomic mass is 9.76. The van der Waals surface area contributed by atoms with E-state index in [4.69, 9.17) is 28.3 Å². The second-order valence-electron chi connectivity index (χ2n) is 6.06. The number of carbonyl (C=O) groups is 1. The first kappa shape index (κ1) is 14.5. The highest BCUT2D eigenvalue weighted by Gasteiger charge is 2.37. The summed E-state index contributed by atoms with van der Waals surface area (Å²) in [6, 6.07) is 2.91. The van der Waals surface area contributed by atoms with Crippen LogP contribution in [0.4, 0.5) is 5.69 Å². The van der Waals surface area contributed by atoms with Gasteiger partial charge in [0.25, 0.3) is 0 Å².